The largest absolute Gasteiger partial charge is 0.463 e. The van der Waals surface area contributed by atoms with Crippen molar-refractivity contribution in [1.82, 2.24) is 0 Å². The van der Waals surface area contributed by atoms with Gasteiger partial charge in [-0.15, -0.1) is 11.8 Å². The maximum Gasteiger partial charge on any atom is 0.333 e. The number of carbonyl (C=O) groups excluding carboxylic acids is 2. The Kier molecular flexibility index (Phi) is 14.8. The van der Waals surface area contributed by atoms with Gasteiger partial charge in [-0.25, -0.2) is 4.79 Å². The van der Waals surface area contributed by atoms with Crippen molar-refractivity contribution in [3.63, 3.8) is 0 Å². The third-order valence-corrected chi connectivity index (χ3v) is 3.72. The fraction of sp³-hybridized carbons (Fsp3) is 0.733. The molecule has 124 valence electrons. The Labute approximate surface area is 132 Å². The summed E-state index contributed by atoms with van der Waals surface area (Å²) in [5.41, 5.74) is 0.338. The van der Waals surface area contributed by atoms with Crippen molar-refractivity contribution < 1.29 is 23.8 Å². The molecular weight excluding hydrogens is 292 g/mol. The van der Waals surface area contributed by atoms with Crippen LogP contribution in [-0.2, 0) is 23.8 Å². The number of hydrogen-bond donors (Lipinski definition) is 0. The summed E-state index contributed by atoms with van der Waals surface area (Å²) in [7, 11) is 0. The van der Waals surface area contributed by atoms with Crippen molar-refractivity contribution >= 4 is 24.2 Å². The molecule has 6 heteroatoms. The van der Waals surface area contributed by atoms with E-state index in [1.807, 2.05) is 20.8 Å². The van der Waals surface area contributed by atoms with Gasteiger partial charge < -0.3 is 14.2 Å². The molecule has 1 rings (SSSR count). The van der Waals surface area contributed by atoms with E-state index in [0.717, 1.165) is 0 Å². The molecule has 21 heavy (non-hydrogen) atoms. The highest BCUT2D eigenvalue weighted by atomic mass is 32.2. The summed E-state index contributed by atoms with van der Waals surface area (Å²) in [5, 5.41) is 0.397. The van der Waals surface area contributed by atoms with Crippen LogP contribution in [0.1, 0.15) is 41.5 Å². The molecule has 0 bridgehead atoms. The Hall–Kier alpha value is -1.01. The minimum absolute atomic E-state index is 0.112. The Morgan fingerprint density at radius 2 is 2.00 bits per heavy atom. The quantitative estimate of drug-likeness (QED) is 0.450. The van der Waals surface area contributed by atoms with Crippen molar-refractivity contribution in [2.75, 3.05) is 13.2 Å². The van der Waals surface area contributed by atoms with Gasteiger partial charge >= 0.3 is 5.97 Å². The SMILES string of the molecule is C=C(C)C(=O)OCC.CC.CC1OCC(OC=O)SC1C. The standard InChI is InChI=1S/C7H12O3S.C6H10O2.C2H6/c1-5-6(2)11-7(3-9-5)10-4-8;1-4-8-6(7)5(2)3;1-2/h4-7H,3H2,1-2H3;2,4H2,1,3H3;1-2H3. The first-order chi connectivity index (χ1) is 9.92. The monoisotopic (exact) mass is 320 g/mol. The van der Waals surface area contributed by atoms with Crippen molar-refractivity contribution in [3.8, 4) is 0 Å². The first-order valence-corrected chi connectivity index (χ1v) is 8.05. The van der Waals surface area contributed by atoms with Crippen LogP contribution < -0.4 is 0 Å². The Morgan fingerprint density at radius 1 is 1.43 bits per heavy atom. The van der Waals surface area contributed by atoms with E-state index in [0.29, 0.717) is 30.5 Å². The lowest BCUT2D eigenvalue weighted by molar-refractivity contribution is -0.138. The van der Waals surface area contributed by atoms with Crippen LogP contribution in [0.5, 0.6) is 0 Å². The normalized spacial score (nSPS) is 23.4. The molecule has 0 saturated carbocycles. The fourth-order valence-corrected chi connectivity index (χ4v) is 2.19. The molecule has 0 spiro atoms. The van der Waals surface area contributed by atoms with E-state index in [4.69, 9.17) is 9.47 Å². The summed E-state index contributed by atoms with van der Waals surface area (Å²) >= 11 is 1.64. The van der Waals surface area contributed by atoms with Crippen LogP contribution in [0.4, 0.5) is 0 Å². The summed E-state index contributed by atoms with van der Waals surface area (Å²) in [6.07, 6.45) is 0.256. The molecule has 5 nitrogen and oxygen atoms in total. The van der Waals surface area contributed by atoms with Gasteiger partial charge in [0.2, 0.25) is 0 Å². The van der Waals surface area contributed by atoms with Gasteiger partial charge in [-0.05, 0) is 20.8 Å². The summed E-state index contributed by atoms with van der Waals surface area (Å²) in [5.74, 6) is -0.312. The van der Waals surface area contributed by atoms with Crippen molar-refractivity contribution in [2.24, 2.45) is 0 Å². The van der Waals surface area contributed by atoms with Gasteiger partial charge in [0.05, 0.1) is 19.3 Å². The zero-order valence-corrected chi connectivity index (χ0v) is 14.7. The first kappa shape index (κ1) is 22.3. The third-order valence-electron chi connectivity index (χ3n) is 2.35. The van der Waals surface area contributed by atoms with E-state index < -0.39 is 0 Å². The predicted molar refractivity (Wildman–Crippen MR) is 86.2 cm³/mol. The third kappa shape index (κ3) is 11.3. The fourth-order valence-electron chi connectivity index (χ4n) is 1.14. The highest BCUT2D eigenvalue weighted by molar-refractivity contribution is 8.00. The summed E-state index contributed by atoms with van der Waals surface area (Å²) in [6.45, 7) is 16.3. The second-order valence-corrected chi connectivity index (χ2v) is 5.58. The highest BCUT2D eigenvalue weighted by Crippen LogP contribution is 2.27. The molecule has 1 heterocycles. The molecule has 0 amide bonds. The number of ether oxygens (including phenoxy) is 3. The van der Waals surface area contributed by atoms with Gasteiger partial charge in [-0.2, -0.15) is 0 Å². The number of carbonyl (C=O) groups is 2. The number of thioether (sulfide) groups is 1. The minimum Gasteiger partial charge on any atom is -0.463 e. The Balaban J connectivity index is 0. The van der Waals surface area contributed by atoms with Crippen LogP contribution in [0.25, 0.3) is 0 Å². The molecule has 1 saturated heterocycles. The van der Waals surface area contributed by atoms with Gasteiger partial charge in [0.25, 0.3) is 6.47 Å². The topological polar surface area (TPSA) is 61.8 Å². The van der Waals surface area contributed by atoms with Crippen molar-refractivity contribution in [2.45, 2.75) is 58.3 Å². The van der Waals surface area contributed by atoms with E-state index >= 15 is 0 Å². The predicted octanol–water partition coefficient (Wildman–Crippen LogP) is 3.18. The Bertz CT molecular complexity index is 306. The van der Waals surface area contributed by atoms with Crippen LogP contribution in [0, 0.1) is 0 Å². The lowest BCUT2D eigenvalue weighted by atomic mass is 10.3. The zero-order valence-electron chi connectivity index (χ0n) is 13.9. The van der Waals surface area contributed by atoms with E-state index in [-0.39, 0.29) is 17.5 Å². The molecule has 0 aromatic carbocycles. The molecule has 3 atom stereocenters. The Morgan fingerprint density at radius 3 is 2.33 bits per heavy atom. The second-order valence-electron chi connectivity index (χ2n) is 4.04. The molecule has 1 fully saturated rings. The van der Waals surface area contributed by atoms with E-state index in [9.17, 15) is 9.59 Å². The maximum absolute atomic E-state index is 10.4. The molecule has 0 radical (unpaired) electrons. The van der Waals surface area contributed by atoms with Crippen LogP contribution in [0.2, 0.25) is 0 Å². The van der Waals surface area contributed by atoms with Gasteiger partial charge in [0.15, 0.2) is 5.44 Å². The lowest BCUT2D eigenvalue weighted by Gasteiger charge is -2.30. The molecule has 1 aliphatic rings. The molecule has 0 aromatic heterocycles. The zero-order chi connectivity index (χ0) is 16.8. The summed E-state index contributed by atoms with van der Waals surface area (Å²) in [4.78, 5) is 20.4. The van der Waals surface area contributed by atoms with Crippen molar-refractivity contribution in [3.05, 3.63) is 12.2 Å². The average molecular weight is 320 g/mol. The maximum atomic E-state index is 10.4. The molecule has 0 aromatic rings. The van der Waals surface area contributed by atoms with E-state index in [1.165, 1.54) is 0 Å². The molecular formula is C15H28O5S. The van der Waals surface area contributed by atoms with Gasteiger partial charge in [0, 0.05) is 10.8 Å². The summed E-state index contributed by atoms with van der Waals surface area (Å²) in [6, 6.07) is 0. The molecule has 0 N–H and O–H groups in total. The lowest BCUT2D eigenvalue weighted by Crippen LogP contribution is -2.34. The smallest absolute Gasteiger partial charge is 0.333 e. The van der Waals surface area contributed by atoms with Crippen LogP contribution in [0.3, 0.4) is 0 Å². The van der Waals surface area contributed by atoms with Crippen LogP contribution in [0.15, 0.2) is 12.2 Å². The molecule has 1 aliphatic heterocycles. The van der Waals surface area contributed by atoms with Crippen LogP contribution in [-0.4, -0.2) is 42.4 Å². The minimum atomic E-state index is -0.312. The average Bonchev–Trinajstić information content (AvgIpc) is 2.46. The van der Waals surface area contributed by atoms with Gasteiger partial charge in [0.1, 0.15) is 0 Å². The van der Waals surface area contributed by atoms with Gasteiger partial charge in [-0.3, -0.25) is 4.79 Å². The number of esters is 1. The number of rotatable bonds is 4. The second kappa shape index (κ2) is 13.9. The molecule has 3 unspecified atom stereocenters. The summed E-state index contributed by atoms with van der Waals surface area (Å²) < 4.78 is 14.7. The van der Waals surface area contributed by atoms with E-state index in [1.54, 1.807) is 25.6 Å². The highest BCUT2D eigenvalue weighted by Gasteiger charge is 2.26. The van der Waals surface area contributed by atoms with E-state index in [2.05, 4.69) is 18.2 Å². The first-order valence-electron chi connectivity index (χ1n) is 7.11. The number of hydrogen-bond acceptors (Lipinski definition) is 6. The van der Waals surface area contributed by atoms with Crippen molar-refractivity contribution in [1.29, 1.82) is 0 Å². The van der Waals surface area contributed by atoms with Crippen LogP contribution >= 0.6 is 11.8 Å². The van der Waals surface area contributed by atoms with Gasteiger partial charge in [-0.1, -0.05) is 27.4 Å². The molecule has 0 aliphatic carbocycles.